The van der Waals surface area contributed by atoms with Crippen molar-refractivity contribution in [3.8, 4) is 0 Å². The van der Waals surface area contributed by atoms with E-state index in [9.17, 15) is 9.59 Å². The first-order valence-corrected chi connectivity index (χ1v) is 6.34. The highest BCUT2D eigenvalue weighted by atomic mass is 16.2. The second kappa shape index (κ2) is 5.43. The second-order valence-corrected chi connectivity index (χ2v) is 4.73. The smallest absolute Gasteiger partial charge is 0.229 e. The van der Waals surface area contributed by atoms with E-state index in [1.165, 1.54) is 17.7 Å². The molecule has 2 fully saturated rings. The number of hydrogen-bond acceptors (Lipinski definition) is 3. The van der Waals surface area contributed by atoms with Gasteiger partial charge in [-0.3, -0.25) is 14.5 Å². The fourth-order valence-electron chi connectivity index (χ4n) is 2.04. The van der Waals surface area contributed by atoms with Crippen LogP contribution in [0.3, 0.4) is 0 Å². The predicted molar refractivity (Wildman–Crippen MR) is 60.8 cm³/mol. The summed E-state index contributed by atoms with van der Waals surface area (Å²) in [5.74, 6) is 0.0443. The van der Waals surface area contributed by atoms with E-state index in [-0.39, 0.29) is 11.8 Å². The summed E-state index contributed by atoms with van der Waals surface area (Å²) < 4.78 is 0. The van der Waals surface area contributed by atoms with Gasteiger partial charge >= 0.3 is 0 Å². The van der Waals surface area contributed by atoms with Gasteiger partial charge in [0.05, 0.1) is 0 Å². The molecule has 0 aromatic rings. The summed E-state index contributed by atoms with van der Waals surface area (Å²) in [6.45, 7) is 1.51. The molecule has 0 aromatic carbocycles. The molecule has 0 unspecified atom stereocenters. The molecule has 0 radical (unpaired) electrons. The van der Waals surface area contributed by atoms with Crippen molar-refractivity contribution in [3.05, 3.63) is 0 Å². The Labute approximate surface area is 96.4 Å². The Morgan fingerprint density at radius 2 is 1.75 bits per heavy atom. The van der Waals surface area contributed by atoms with Crippen LogP contribution in [-0.2, 0) is 9.59 Å². The molecule has 2 aliphatic rings. The molecule has 90 valence electrons. The summed E-state index contributed by atoms with van der Waals surface area (Å²) in [5.41, 5.74) is 0. The van der Waals surface area contributed by atoms with Gasteiger partial charge in [0.1, 0.15) is 0 Å². The van der Waals surface area contributed by atoms with Crippen LogP contribution in [0, 0.1) is 0 Å². The van der Waals surface area contributed by atoms with Crippen molar-refractivity contribution >= 4 is 11.8 Å². The molecule has 0 spiro atoms. The second-order valence-electron chi connectivity index (χ2n) is 4.73. The average Bonchev–Trinajstić information content (AvgIpc) is 3.07. The predicted octanol–water partition coefficient (Wildman–Crippen LogP) is 1.06. The fourth-order valence-corrected chi connectivity index (χ4v) is 2.04. The number of amides is 2. The maximum absolute atomic E-state index is 11.6. The Hall–Kier alpha value is -0.900. The van der Waals surface area contributed by atoms with Crippen molar-refractivity contribution in [2.45, 2.75) is 51.0 Å². The zero-order valence-electron chi connectivity index (χ0n) is 9.71. The van der Waals surface area contributed by atoms with Gasteiger partial charge in [0.2, 0.25) is 11.8 Å². The SMILES string of the molecule is O=C1CCCCC(=O)N1CCCNC1CC1. The standard InChI is InChI=1S/C12H20N2O2/c15-11-4-1-2-5-12(16)14(11)9-3-8-13-10-6-7-10/h10,13H,1-9H2. The number of carbonyl (C=O) groups excluding carboxylic acids is 2. The maximum atomic E-state index is 11.6. The molecule has 2 rings (SSSR count). The van der Waals surface area contributed by atoms with Crippen molar-refractivity contribution in [1.29, 1.82) is 0 Å². The first kappa shape index (κ1) is 11.6. The van der Waals surface area contributed by atoms with Crippen molar-refractivity contribution in [3.63, 3.8) is 0 Å². The van der Waals surface area contributed by atoms with Gasteiger partial charge < -0.3 is 5.32 Å². The molecule has 1 heterocycles. The molecule has 1 saturated carbocycles. The zero-order chi connectivity index (χ0) is 11.4. The lowest BCUT2D eigenvalue weighted by Gasteiger charge is -2.18. The first-order chi connectivity index (χ1) is 7.77. The minimum Gasteiger partial charge on any atom is -0.314 e. The summed E-state index contributed by atoms with van der Waals surface area (Å²) in [6, 6.07) is 0.704. The van der Waals surface area contributed by atoms with Gasteiger partial charge in [0, 0.05) is 25.4 Å². The van der Waals surface area contributed by atoms with Crippen molar-refractivity contribution < 1.29 is 9.59 Å². The third-order valence-corrected chi connectivity index (χ3v) is 3.20. The normalized spacial score (nSPS) is 22.4. The van der Waals surface area contributed by atoms with E-state index >= 15 is 0 Å². The maximum Gasteiger partial charge on any atom is 0.229 e. The molecule has 0 atom stereocenters. The Balaban J connectivity index is 1.71. The molecule has 16 heavy (non-hydrogen) atoms. The number of hydrogen-bond donors (Lipinski definition) is 1. The molecule has 1 N–H and O–H groups in total. The molecular weight excluding hydrogens is 204 g/mol. The number of nitrogens with zero attached hydrogens (tertiary/aromatic N) is 1. The first-order valence-electron chi connectivity index (χ1n) is 6.34. The van der Waals surface area contributed by atoms with Crippen LogP contribution in [0.5, 0.6) is 0 Å². The minimum absolute atomic E-state index is 0.0221. The Bertz CT molecular complexity index is 256. The number of rotatable bonds is 5. The van der Waals surface area contributed by atoms with Crippen LogP contribution in [0.15, 0.2) is 0 Å². The number of carbonyl (C=O) groups is 2. The molecule has 1 saturated heterocycles. The third-order valence-electron chi connectivity index (χ3n) is 3.20. The van der Waals surface area contributed by atoms with Gasteiger partial charge in [-0.05, 0) is 38.6 Å². The zero-order valence-corrected chi connectivity index (χ0v) is 9.71. The van der Waals surface area contributed by atoms with Gasteiger partial charge in [0.25, 0.3) is 0 Å². The van der Waals surface area contributed by atoms with Gasteiger partial charge in [-0.1, -0.05) is 0 Å². The Kier molecular flexibility index (Phi) is 3.93. The van der Waals surface area contributed by atoms with Crippen LogP contribution in [-0.4, -0.2) is 35.8 Å². The summed E-state index contributed by atoms with van der Waals surface area (Å²) >= 11 is 0. The van der Waals surface area contributed by atoms with Crippen LogP contribution in [0.1, 0.15) is 44.9 Å². The number of likely N-dealkylation sites (tertiary alicyclic amines) is 1. The van der Waals surface area contributed by atoms with Gasteiger partial charge in [-0.15, -0.1) is 0 Å². The van der Waals surface area contributed by atoms with Crippen LogP contribution in [0.4, 0.5) is 0 Å². The minimum atomic E-state index is 0.0221. The summed E-state index contributed by atoms with van der Waals surface area (Å²) in [4.78, 5) is 24.8. The lowest BCUT2D eigenvalue weighted by Crippen LogP contribution is -2.37. The van der Waals surface area contributed by atoms with Gasteiger partial charge in [-0.25, -0.2) is 0 Å². The molecule has 0 aromatic heterocycles. The fraction of sp³-hybridized carbons (Fsp3) is 0.833. The van der Waals surface area contributed by atoms with Crippen molar-refractivity contribution in [2.24, 2.45) is 0 Å². The Morgan fingerprint density at radius 3 is 2.31 bits per heavy atom. The molecule has 2 amide bonds. The van der Waals surface area contributed by atoms with Crippen LogP contribution in [0.25, 0.3) is 0 Å². The molecule has 4 nitrogen and oxygen atoms in total. The van der Waals surface area contributed by atoms with Gasteiger partial charge in [0.15, 0.2) is 0 Å². The van der Waals surface area contributed by atoms with Crippen molar-refractivity contribution in [2.75, 3.05) is 13.1 Å². The topological polar surface area (TPSA) is 49.4 Å². The number of imide groups is 1. The van der Waals surface area contributed by atoms with E-state index in [1.807, 2.05) is 0 Å². The molecule has 4 heteroatoms. The van der Waals surface area contributed by atoms with Gasteiger partial charge in [-0.2, -0.15) is 0 Å². The summed E-state index contributed by atoms with van der Waals surface area (Å²) in [7, 11) is 0. The van der Waals surface area contributed by atoms with Crippen molar-refractivity contribution in [1.82, 2.24) is 10.2 Å². The summed E-state index contributed by atoms with van der Waals surface area (Å²) in [6.07, 6.45) is 6.25. The van der Waals surface area contributed by atoms with Crippen LogP contribution in [0.2, 0.25) is 0 Å². The number of nitrogens with one attached hydrogen (secondary N) is 1. The average molecular weight is 224 g/mol. The largest absolute Gasteiger partial charge is 0.314 e. The molecule has 0 bridgehead atoms. The highest BCUT2D eigenvalue weighted by Gasteiger charge is 2.24. The lowest BCUT2D eigenvalue weighted by atomic mass is 10.2. The van der Waals surface area contributed by atoms with E-state index in [0.717, 1.165) is 25.8 Å². The lowest BCUT2D eigenvalue weighted by molar-refractivity contribution is -0.143. The monoisotopic (exact) mass is 224 g/mol. The van der Waals surface area contributed by atoms with Crippen LogP contribution >= 0.6 is 0 Å². The Morgan fingerprint density at radius 1 is 1.12 bits per heavy atom. The summed E-state index contributed by atoms with van der Waals surface area (Å²) in [5, 5.41) is 3.39. The van der Waals surface area contributed by atoms with E-state index < -0.39 is 0 Å². The highest BCUT2D eigenvalue weighted by Crippen LogP contribution is 2.18. The molecule has 1 aliphatic carbocycles. The van der Waals surface area contributed by atoms with E-state index in [1.54, 1.807) is 0 Å². The van der Waals surface area contributed by atoms with Crippen LogP contribution < -0.4 is 5.32 Å². The van der Waals surface area contributed by atoms with E-state index in [4.69, 9.17) is 0 Å². The molecular formula is C12H20N2O2. The molecule has 1 aliphatic heterocycles. The van der Waals surface area contributed by atoms with E-state index in [0.29, 0.717) is 25.4 Å². The highest BCUT2D eigenvalue weighted by molar-refractivity contribution is 5.95. The quantitative estimate of drug-likeness (QED) is 0.561. The van der Waals surface area contributed by atoms with E-state index in [2.05, 4.69) is 5.32 Å². The third kappa shape index (κ3) is 3.30.